The van der Waals surface area contributed by atoms with E-state index in [2.05, 4.69) is 17.3 Å². The number of halogens is 1. The molecule has 0 radical (unpaired) electrons. The van der Waals surface area contributed by atoms with E-state index < -0.39 is 0 Å². The van der Waals surface area contributed by atoms with E-state index in [4.69, 9.17) is 21.1 Å². The number of hydrogen-bond donors (Lipinski definition) is 1. The van der Waals surface area contributed by atoms with Gasteiger partial charge in [-0.05, 0) is 12.5 Å². The number of nitrogens with one attached hydrogen (secondary N) is 1. The largest absolute Gasteiger partial charge is 0.454 e. The van der Waals surface area contributed by atoms with Gasteiger partial charge in [0.2, 0.25) is 6.79 Å². The lowest BCUT2D eigenvalue weighted by Crippen LogP contribution is -2.09. The minimum Gasteiger partial charge on any atom is -0.454 e. The molecule has 20 heavy (non-hydrogen) atoms. The van der Waals surface area contributed by atoms with Gasteiger partial charge < -0.3 is 14.8 Å². The SMILES string of the molecule is CCCn1nccc1CNc1cc2c(cc1Cl)OCO2. The Morgan fingerprint density at radius 3 is 2.95 bits per heavy atom. The molecule has 2 heterocycles. The predicted octanol–water partition coefficient (Wildman–Crippen LogP) is 3.29. The van der Waals surface area contributed by atoms with Crippen molar-refractivity contribution >= 4 is 17.3 Å². The molecule has 0 saturated heterocycles. The Bertz CT molecular complexity index is 612. The molecule has 1 aliphatic rings. The quantitative estimate of drug-likeness (QED) is 0.919. The number of ether oxygens (including phenoxy) is 2. The van der Waals surface area contributed by atoms with Crippen molar-refractivity contribution in [1.82, 2.24) is 9.78 Å². The van der Waals surface area contributed by atoms with Crippen molar-refractivity contribution < 1.29 is 9.47 Å². The Balaban J connectivity index is 1.73. The second-order valence-corrected chi connectivity index (χ2v) is 4.99. The number of aryl methyl sites for hydroxylation is 1. The average Bonchev–Trinajstić information content (AvgIpc) is 3.05. The smallest absolute Gasteiger partial charge is 0.231 e. The molecule has 0 spiro atoms. The van der Waals surface area contributed by atoms with Crippen LogP contribution in [0, 0.1) is 0 Å². The van der Waals surface area contributed by atoms with Gasteiger partial charge in [-0.15, -0.1) is 0 Å². The summed E-state index contributed by atoms with van der Waals surface area (Å²) in [4.78, 5) is 0. The van der Waals surface area contributed by atoms with Crippen LogP contribution in [-0.2, 0) is 13.1 Å². The number of benzene rings is 1. The van der Waals surface area contributed by atoms with Gasteiger partial charge >= 0.3 is 0 Å². The van der Waals surface area contributed by atoms with Gasteiger partial charge in [-0.1, -0.05) is 18.5 Å². The van der Waals surface area contributed by atoms with Gasteiger partial charge in [0.05, 0.1) is 22.9 Å². The van der Waals surface area contributed by atoms with Crippen molar-refractivity contribution in [3.05, 3.63) is 35.1 Å². The Morgan fingerprint density at radius 2 is 2.15 bits per heavy atom. The number of anilines is 1. The number of rotatable bonds is 5. The van der Waals surface area contributed by atoms with Crippen LogP contribution < -0.4 is 14.8 Å². The molecule has 2 aromatic rings. The van der Waals surface area contributed by atoms with Crippen LogP contribution in [0.3, 0.4) is 0 Å². The molecule has 0 atom stereocenters. The molecule has 1 aromatic carbocycles. The summed E-state index contributed by atoms with van der Waals surface area (Å²) in [7, 11) is 0. The average molecular weight is 294 g/mol. The van der Waals surface area contributed by atoms with Crippen molar-refractivity contribution in [3.8, 4) is 11.5 Å². The molecule has 106 valence electrons. The molecule has 1 aromatic heterocycles. The van der Waals surface area contributed by atoms with Gasteiger partial charge in [0.15, 0.2) is 11.5 Å². The second kappa shape index (κ2) is 5.63. The minimum atomic E-state index is 0.248. The van der Waals surface area contributed by atoms with Crippen LogP contribution in [0.15, 0.2) is 24.4 Å². The fourth-order valence-electron chi connectivity index (χ4n) is 2.16. The van der Waals surface area contributed by atoms with Crippen LogP contribution in [0.1, 0.15) is 19.0 Å². The van der Waals surface area contributed by atoms with Crippen molar-refractivity contribution in [2.24, 2.45) is 0 Å². The van der Waals surface area contributed by atoms with Gasteiger partial charge in [-0.25, -0.2) is 0 Å². The van der Waals surface area contributed by atoms with Crippen LogP contribution in [0.4, 0.5) is 5.69 Å². The maximum Gasteiger partial charge on any atom is 0.231 e. The van der Waals surface area contributed by atoms with Crippen LogP contribution in [0.5, 0.6) is 11.5 Å². The van der Waals surface area contributed by atoms with E-state index in [0.717, 1.165) is 30.1 Å². The summed E-state index contributed by atoms with van der Waals surface area (Å²) < 4.78 is 12.6. The molecule has 0 bridgehead atoms. The Kier molecular flexibility index (Phi) is 3.69. The summed E-state index contributed by atoms with van der Waals surface area (Å²) in [6.07, 6.45) is 2.87. The zero-order valence-corrected chi connectivity index (χ0v) is 12.0. The molecular formula is C14H16ClN3O2. The summed E-state index contributed by atoms with van der Waals surface area (Å²) in [5.74, 6) is 1.41. The van der Waals surface area contributed by atoms with Crippen molar-refractivity contribution in [2.45, 2.75) is 26.4 Å². The highest BCUT2D eigenvalue weighted by atomic mass is 35.5. The van der Waals surface area contributed by atoms with Crippen molar-refractivity contribution in [3.63, 3.8) is 0 Å². The first-order chi connectivity index (χ1) is 9.78. The first kappa shape index (κ1) is 13.1. The number of fused-ring (bicyclic) bond motifs is 1. The summed E-state index contributed by atoms with van der Waals surface area (Å²) in [6.45, 7) is 3.96. The van der Waals surface area contributed by atoms with E-state index in [-0.39, 0.29) is 6.79 Å². The third-order valence-electron chi connectivity index (χ3n) is 3.16. The Labute approximate surface area is 122 Å². The summed E-state index contributed by atoms with van der Waals surface area (Å²) in [5, 5.41) is 8.23. The predicted molar refractivity (Wildman–Crippen MR) is 77.4 cm³/mol. The van der Waals surface area contributed by atoms with Crippen LogP contribution >= 0.6 is 11.6 Å². The van der Waals surface area contributed by atoms with Gasteiger partial charge in [0, 0.05) is 24.9 Å². The molecule has 5 nitrogen and oxygen atoms in total. The lowest BCUT2D eigenvalue weighted by atomic mass is 10.2. The minimum absolute atomic E-state index is 0.248. The summed E-state index contributed by atoms with van der Waals surface area (Å²) in [5.41, 5.74) is 1.96. The lowest BCUT2D eigenvalue weighted by Gasteiger charge is -2.11. The number of aromatic nitrogens is 2. The zero-order chi connectivity index (χ0) is 13.9. The van der Waals surface area contributed by atoms with Crippen LogP contribution in [0.2, 0.25) is 5.02 Å². The molecule has 0 saturated carbocycles. The highest BCUT2D eigenvalue weighted by Gasteiger charge is 2.16. The fourth-order valence-corrected chi connectivity index (χ4v) is 2.38. The third kappa shape index (κ3) is 2.54. The van der Waals surface area contributed by atoms with E-state index >= 15 is 0 Å². The molecule has 1 aliphatic heterocycles. The lowest BCUT2D eigenvalue weighted by molar-refractivity contribution is 0.174. The number of hydrogen-bond acceptors (Lipinski definition) is 4. The van der Waals surface area contributed by atoms with Crippen molar-refractivity contribution in [2.75, 3.05) is 12.1 Å². The molecule has 6 heteroatoms. The standard InChI is InChI=1S/C14H16ClN3O2/c1-2-5-18-10(3-4-17-18)8-16-12-7-14-13(6-11(12)15)19-9-20-14/h3-4,6-7,16H,2,5,8-9H2,1H3. The molecule has 1 N–H and O–H groups in total. The molecule has 0 unspecified atom stereocenters. The van der Waals surface area contributed by atoms with Crippen molar-refractivity contribution in [1.29, 1.82) is 0 Å². The Hall–Kier alpha value is -1.88. The molecular weight excluding hydrogens is 278 g/mol. The topological polar surface area (TPSA) is 48.3 Å². The molecule has 0 aliphatic carbocycles. The van der Waals surface area contributed by atoms with E-state index in [1.807, 2.05) is 23.0 Å². The highest BCUT2D eigenvalue weighted by molar-refractivity contribution is 6.33. The highest BCUT2D eigenvalue weighted by Crippen LogP contribution is 2.39. The van der Waals surface area contributed by atoms with E-state index in [1.165, 1.54) is 0 Å². The molecule has 3 rings (SSSR count). The molecule has 0 amide bonds. The number of nitrogens with zero attached hydrogens (tertiary/aromatic N) is 2. The summed E-state index contributed by atoms with van der Waals surface area (Å²) >= 11 is 6.23. The van der Waals surface area contributed by atoms with Gasteiger partial charge in [-0.2, -0.15) is 5.10 Å². The second-order valence-electron chi connectivity index (χ2n) is 4.58. The van der Waals surface area contributed by atoms with E-state index in [0.29, 0.717) is 17.3 Å². The Morgan fingerprint density at radius 1 is 1.35 bits per heavy atom. The van der Waals surface area contributed by atoms with Crippen LogP contribution in [-0.4, -0.2) is 16.6 Å². The van der Waals surface area contributed by atoms with Gasteiger partial charge in [-0.3, -0.25) is 4.68 Å². The van der Waals surface area contributed by atoms with Gasteiger partial charge in [0.1, 0.15) is 0 Å². The fraction of sp³-hybridized carbons (Fsp3) is 0.357. The van der Waals surface area contributed by atoms with Gasteiger partial charge in [0.25, 0.3) is 0 Å². The maximum absolute atomic E-state index is 6.23. The summed E-state index contributed by atoms with van der Waals surface area (Å²) in [6, 6.07) is 5.64. The first-order valence-corrected chi connectivity index (χ1v) is 6.99. The normalized spacial score (nSPS) is 12.7. The zero-order valence-electron chi connectivity index (χ0n) is 11.2. The first-order valence-electron chi connectivity index (χ1n) is 6.61. The third-order valence-corrected chi connectivity index (χ3v) is 3.47. The molecule has 0 fully saturated rings. The van der Waals surface area contributed by atoms with Crippen LogP contribution in [0.25, 0.3) is 0 Å². The monoisotopic (exact) mass is 293 g/mol. The maximum atomic E-state index is 6.23. The van der Waals surface area contributed by atoms with E-state index in [9.17, 15) is 0 Å². The van der Waals surface area contributed by atoms with E-state index in [1.54, 1.807) is 6.07 Å².